The molecule has 134 valence electrons. The first-order chi connectivity index (χ1) is 12.4. The number of amides is 1. The molecule has 7 heteroatoms. The third-order valence-corrected chi connectivity index (χ3v) is 4.20. The van der Waals surface area contributed by atoms with E-state index < -0.39 is 0 Å². The molecule has 0 aliphatic heterocycles. The molecule has 0 aliphatic rings. The summed E-state index contributed by atoms with van der Waals surface area (Å²) in [6.45, 7) is 5.69. The van der Waals surface area contributed by atoms with E-state index in [0.717, 1.165) is 34.0 Å². The Kier molecular flexibility index (Phi) is 7.06. The second-order valence-corrected chi connectivity index (χ2v) is 6.34. The number of carbonyl (C=O) groups excluding carboxylic acids is 1. The number of aromatic nitrogens is 3. The highest BCUT2D eigenvalue weighted by molar-refractivity contribution is 6.42. The van der Waals surface area contributed by atoms with E-state index in [1.807, 2.05) is 45.0 Å². The van der Waals surface area contributed by atoms with E-state index in [2.05, 4.69) is 20.3 Å². The molecule has 1 aromatic carbocycles. The number of nitrogens with zero attached hydrogens (tertiary/aromatic N) is 3. The van der Waals surface area contributed by atoms with Crippen molar-refractivity contribution >= 4 is 35.3 Å². The van der Waals surface area contributed by atoms with Crippen molar-refractivity contribution < 1.29 is 4.79 Å². The molecule has 1 amide bonds. The lowest BCUT2D eigenvalue weighted by atomic mass is 10.1. The lowest BCUT2D eigenvalue weighted by Gasteiger charge is -2.02. The van der Waals surface area contributed by atoms with Gasteiger partial charge in [-0.05, 0) is 51.1 Å². The Bertz CT molecular complexity index is 916. The quantitative estimate of drug-likeness (QED) is 0.639. The molecule has 5 nitrogen and oxygen atoms in total. The maximum absolute atomic E-state index is 10.1. The Morgan fingerprint density at radius 2 is 1.69 bits per heavy atom. The van der Waals surface area contributed by atoms with Crippen molar-refractivity contribution in [3.8, 4) is 11.3 Å². The molecule has 0 saturated heterocycles. The van der Waals surface area contributed by atoms with Gasteiger partial charge in [-0.25, -0.2) is 9.97 Å². The van der Waals surface area contributed by atoms with Crippen LogP contribution in [0.5, 0.6) is 0 Å². The smallest absolute Gasteiger partial charge is 0.211 e. The van der Waals surface area contributed by atoms with Crippen molar-refractivity contribution in [3.05, 3.63) is 69.9 Å². The largest absolute Gasteiger partial charge is 0.327 e. The minimum atomic E-state index is 0.533. The summed E-state index contributed by atoms with van der Waals surface area (Å²) in [5, 5.41) is 3.64. The molecule has 0 aliphatic carbocycles. The van der Waals surface area contributed by atoms with Crippen LogP contribution in [0.25, 0.3) is 11.3 Å². The summed E-state index contributed by atoms with van der Waals surface area (Å²) in [5.74, 6) is 0. The number of rotatable bonds is 3. The molecule has 0 fully saturated rings. The van der Waals surface area contributed by atoms with Crippen LogP contribution in [-0.2, 0) is 4.79 Å². The Labute approximate surface area is 162 Å². The van der Waals surface area contributed by atoms with E-state index in [9.17, 15) is 4.79 Å². The zero-order valence-corrected chi connectivity index (χ0v) is 16.1. The van der Waals surface area contributed by atoms with Crippen molar-refractivity contribution in [1.29, 1.82) is 0 Å². The normalized spacial score (nSPS) is 9.88. The highest BCUT2D eigenvalue weighted by atomic mass is 35.5. The number of anilines is 1. The molecule has 3 rings (SSSR count). The van der Waals surface area contributed by atoms with Crippen LogP contribution in [-0.4, -0.2) is 21.4 Å². The van der Waals surface area contributed by atoms with E-state index in [1.54, 1.807) is 12.1 Å². The van der Waals surface area contributed by atoms with Gasteiger partial charge < -0.3 is 5.32 Å². The maximum Gasteiger partial charge on any atom is 0.211 e. The van der Waals surface area contributed by atoms with Crippen LogP contribution in [0, 0.1) is 20.8 Å². The SMILES string of the molecule is Cc1cc(-c2ccc(Cl)c(Cl)c2)ncn1.Cc1ccc(NC=O)c(C)n1. The van der Waals surface area contributed by atoms with Crippen molar-refractivity contribution in [2.45, 2.75) is 20.8 Å². The first-order valence-electron chi connectivity index (χ1n) is 7.79. The summed E-state index contributed by atoms with van der Waals surface area (Å²) in [5.41, 5.74) is 5.28. The average Bonchev–Trinajstić information content (AvgIpc) is 2.60. The number of hydrogen-bond donors (Lipinski definition) is 1. The highest BCUT2D eigenvalue weighted by Gasteiger charge is 2.03. The molecule has 1 N–H and O–H groups in total. The van der Waals surface area contributed by atoms with Crippen LogP contribution in [0.3, 0.4) is 0 Å². The molecule has 0 radical (unpaired) electrons. The molecule has 26 heavy (non-hydrogen) atoms. The van der Waals surface area contributed by atoms with Gasteiger partial charge in [0.25, 0.3) is 0 Å². The summed E-state index contributed by atoms with van der Waals surface area (Å²) in [6.07, 6.45) is 2.19. The molecular weight excluding hydrogens is 371 g/mol. The van der Waals surface area contributed by atoms with Crippen LogP contribution in [0.4, 0.5) is 5.69 Å². The van der Waals surface area contributed by atoms with Crippen LogP contribution in [0.2, 0.25) is 10.0 Å². The third kappa shape index (κ3) is 5.51. The first kappa shape index (κ1) is 19.8. The van der Waals surface area contributed by atoms with E-state index in [1.165, 1.54) is 6.33 Å². The number of pyridine rings is 1. The molecule has 2 aromatic heterocycles. The number of nitrogens with one attached hydrogen (secondary N) is 1. The Morgan fingerprint density at radius 1 is 0.923 bits per heavy atom. The van der Waals surface area contributed by atoms with Crippen LogP contribution in [0.15, 0.2) is 42.7 Å². The number of carbonyl (C=O) groups is 1. The summed E-state index contributed by atoms with van der Waals surface area (Å²) < 4.78 is 0. The summed E-state index contributed by atoms with van der Waals surface area (Å²) in [4.78, 5) is 22.4. The van der Waals surface area contributed by atoms with E-state index >= 15 is 0 Å². The fourth-order valence-corrected chi connectivity index (χ4v) is 2.47. The fourth-order valence-electron chi connectivity index (χ4n) is 2.17. The van der Waals surface area contributed by atoms with Gasteiger partial charge in [-0.3, -0.25) is 9.78 Å². The van der Waals surface area contributed by atoms with Gasteiger partial charge in [0.2, 0.25) is 6.41 Å². The van der Waals surface area contributed by atoms with Gasteiger partial charge in [0.15, 0.2) is 0 Å². The first-order valence-corrected chi connectivity index (χ1v) is 8.55. The van der Waals surface area contributed by atoms with Gasteiger partial charge in [-0.2, -0.15) is 0 Å². The van der Waals surface area contributed by atoms with E-state index in [0.29, 0.717) is 16.5 Å². The molecule has 0 spiro atoms. The molecule has 3 aromatic rings. The lowest BCUT2D eigenvalue weighted by molar-refractivity contribution is -0.105. The third-order valence-electron chi connectivity index (χ3n) is 3.46. The monoisotopic (exact) mass is 388 g/mol. The van der Waals surface area contributed by atoms with E-state index in [-0.39, 0.29) is 0 Å². The second-order valence-electron chi connectivity index (χ2n) is 5.52. The second kappa shape index (κ2) is 9.27. The van der Waals surface area contributed by atoms with Gasteiger partial charge in [-0.1, -0.05) is 29.3 Å². The van der Waals surface area contributed by atoms with E-state index in [4.69, 9.17) is 23.2 Å². The zero-order chi connectivity index (χ0) is 19.1. The van der Waals surface area contributed by atoms with Crippen LogP contribution < -0.4 is 5.32 Å². The van der Waals surface area contributed by atoms with Crippen molar-refractivity contribution in [2.75, 3.05) is 5.32 Å². The summed E-state index contributed by atoms with van der Waals surface area (Å²) in [6, 6.07) is 11.0. The van der Waals surface area contributed by atoms with Crippen LogP contribution >= 0.6 is 23.2 Å². The zero-order valence-electron chi connectivity index (χ0n) is 14.6. The summed E-state index contributed by atoms with van der Waals surface area (Å²) in [7, 11) is 0. The van der Waals surface area contributed by atoms with Gasteiger partial charge >= 0.3 is 0 Å². The number of hydrogen-bond acceptors (Lipinski definition) is 4. The van der Waals surface area contributed by atoms with Gasteiger partial charge in [0, 0.05) is 17.0 Å². The van der Waals surface area contributed by atoms with Crippen molar-refractivity contribution in [2.24, 2.45) is 0 Å². The maximum atomic E-state index is 10.1. The molecular formula is C19H18Cl2N4O. The molecule has 0 saturated carbocycles. The predicted octanol–water partition coefficient (Wildman–Crippen LogP) is 5.03. The van der Waals surface area contributed by atoms with Crippen molar-refractivity contribution in [3.63, 3.8) is 0 Å². The lowest BCUT2D eigenvalue weighted by Crippen LogP contribution is -1.98. The standard InChI is InChI=1S/C11H8Cl2N2.C8H10N2O/c1-7-4-11(15-6-14-7)8-2-3-9(12)10(13)5-8;1-6-3-4-8(9-5-11)7(2)10-6/h2-6H,1H3;3-5H,1-2H3,(H,9,11). The minimum Gasteiger partial charge on any atom is -0.327 e. The summed E-state index contributed by atoms with van der Waals surface area (Å²) >= 11 is 11.8. The average molecular weight is 389 g/mol. The Hall–Kier alpha value is -2.50. The molecule has 0 bridgehead atoms. The Morgan fingerprint density at radius 3 is 2.31 bits per heavy atom. The number of aryl methyl sites for hydroxylation is 3. The van der Waals surface area contributed by atoms with Gasteiger partial charge in [-0.15, -0.1) is 0 Å². The van der Waals surface area contributed by atoms with Crippen molar-refractivity contribution in [1.82, 2.24) is 15.0 Å². The highest BCUT2D eigenvalue weighted by Crippen LogP contribution is 2.27. The molecule has 0 unspecified atom stereocenters. The molecule has 0 atom stereocenters. The van der Waals surface area contributed by atoms with Crippen LogP contribution in [0.1, 0.15) is 17.1 Å². The predicted molar refractivity (Wildman–Crippen MR) is 106 cm³/mol. The number of benzene rings is 1. The minimum absolute atomic E-state index is 0.533. The molecule has 2 heterocycles. The number of halogens is 2. The van der Waals surface area contributed by atoms with Gasteiger partial charge in [0.05, 0.1) is 27.1 Å². The Balaban J connectivity index is 0.000000197. The fraction of sp³-hybridized carbons (Fsp3) is 0.158. The topological polar surface area (TPSA) is 67.8 Å². The van der Waals surface area contributed by atoms with Gasteiger partial charge in [0.1, 0.15) is 6.33 Å².